The van der Waals surface area contributed by atoms with Crippen LogP contribution in [-0.4, -0.2) is 31.6 Å². The molecular weight excluding hydrogens is 344 g/mol. The van der Waals surface area contributed by atoms with Gasteiger partial charge >= 0.3 is 0 Å². The summed E-state index contributed by atoms with van der Waals surface area (Å²) in [5, 5.41) is 0. The fraction of sp³-hybridized carbons (Fsp3) is 0.280. The quantitative estimate of drug-likeness (QED) is 0.612. The predicted molar refractivity (Wildman–Crippen MR) is 115 cm³/mol. The van der Waals surface area contributed by atoms with Crippen LogP contribution >= 0.6 is 0 Å². The van der Waals surface area contributed by atoms with E-state index in [1.54, 1.807) is 0 Å². The first-order valence-electron chi connectivity index (χ1n) is 10.0. The van der Waals surface area contributed by atoms with Gasteiger partial charge in [-0.15, -0.1) is 0 Å². The largest absolute Gasteiger partial charge is 0.372 e. The highest BCUT2D eigenvalue weighted by molar-refractivity contribution is 5.56. The minimum Gasteiger partial charge on any atom is -0.372 e. The number of ether oxygens (including phenoxy) is 1. The lowest BCUT2D eigenvalue weighted by Gasteiger charge is -2.42. The smallest absolute Gasteiger partial charge is 0.0741 e. The van der Waals surface area contributed by atoms with Crippen LogP contribution in [0.15, 0.2) is 84.9 Å². The van der Waals surface area contributed by atoms with Crippen molar-refractivity contribution < 1.29 is 4.74 Å². The third kappa shape index (κ3) is 4.44. The van der Waals surface area contributed by atoms with Crippen molar-refractivity contribution in [2.24, 2.45) is 0 Å². The Kier molecular flexibility index (Phi) is 6.05. The summed E-state index contributed by atoms with van der Waals surface area (Å²) in [5.74, 6) is 0. The van der Waals surface area contributed by atoms with E-state index in [1.165, 1.54) is 22.4 Å². The van der Waals surface area contributed by atoms with E-state index >= 15 is 0 Å². The zero-order valence-corrected chi connectivity index (χ0v) is 16.5. The molecule has 1 saturated heterocycles. The third-order valence-electron chi connectivity index (χ3n) is 5.44. The Morgan fingerprint density at radius 2 is 1.46 bits per heavy atom. The van der Waals surface area contributed by atoms with Gasteiger partial charge in [-0.05, 0) is 24.2 Å². The number of hydrogen-bond donors (Lipinski definition) is 0. The van der Waals surface area contributed by atoms with Gasteiger partial charge in [-0.1, -0.05) is 78.9 Å². The lowest BCUT2D eigenvalue weighted by atomic mass is 10.0. The fourth-order valence-corrected chi connectivity index (χ4v) is 3.93. The minimum absolute atomic E-state index is 0.357. The molecule has 3 aromatic rings. The van der Waals surface area contributed by atoms with Crippen molar-refractivity contribution >= 4 is 5.69 Å². The molecule has 4 rings (SSSR count). The number of nitrogens with zero attached hydrogens (tertiary/aromatic N) is 2. The molecule has 0 bridgehead atoms. The average molecular weight is 373 g/mol. The Labute approximate surface area is 168 Å². The molecule has 1 unspecified atom stereocenters. The van der Waals surface area contributed by atoms with Crippen molar-refractivity contribution in [2.45, 2.75) is 19.3 Å². The van der Waals surface area contributed by atoms with Crippen molar-refractivity contribution in [1.82, 2.24) is 4.90 Å². The Morgan fingerprint density at radius 3 is 2.25 bits per heavy atom. The van der Waals surface area contributed by atoms with E-state index in [2.05, 4.69) is 95.7 Å². The van der Waals surface area contributed by atoms with Crippen LogP contribution in [0.5, 0.6) is 0 Å². The summed E-state index contributed by atoms with van der Waals surface area (Å²) < 4.78 is 6.06. The molecule has 0 aromatic heterocycles. The second-order valence-electron chi connectivity index (χ2n) is 7.49. The third-order valence-corrected chi connectivity index (χ3v) is 5.44. The van der Waals surface area contributed by atoms with Crippen molar-refractivity contribution in [3.8, 4) is 0 Å². The molecule has 0 saturated carbocycles. The highest BCUT2D eigenvalue weighted by atomic mass is 16.5. The van der Waals surface area contributed by atoms with E-state index in [-0.39, 0.29) is 0 Å². The van der Waals surface area contributed by atoms with E-state index in [9.17, 15) is 0 Å². The lowest BCUT2D eigenvalue weighted by Crippen LogP contribution is -2.47. The zero-order chi connectivity index (χ0) is 19.2. The minimum atomic E-state index is 0.357. The van der Waals surface area contributed by atoms with Crippen LogP contribution in [0.1, 0.15) is 22.7 Å². The maximum atomic E-state index is 6.06. The standard InChI is InChI=1S/C25H28N2O/c1-26-16-17-27(25(18-26)22-12-6-3-7-13-22)24-15-9-8-14-23(24)20-28-19-21-10-4-2-5-11-21/h2-15,25H,16-20H2,1H3. The Balaban J connectivity index is 1.54. The summed E-state index contributed by atoms with van der Waals surface area (Å²) in [6.07, 6.45) is 0. The van der Waals surface area contributed by atoms with Crippen molar-refractivity contribution in [3.05, 3.63) is 102 Å². The number of piperazine rings is 1. The Bertz CT molecular complexity index is 866. The molecule has 28 heavy (non-hydrogen) atoms. The molecule has 0 N–H and O–H groups in total. The molecule has 3 aromatic carbocycles. The maximum absolute atomic E-state index is 6.06. The van der Waals surface area contributed by atoms with Gasteiger partial charge in [-0.3, -0.25) is 0 Å². The van der Waals surface area contributed by atoms with Gasteiger partial charge in [0.2, 0.25) is 0 Å². The van der Waals surface area contributed by atoms with E-state index in [4.69, 9.17) is 4.74 Å². The van der Waals surface area contributed by atoms with E-state index in [0.29, 0.717) is 19.3 Å². The predicted octanol–water partition coefficient (Wildman–Crippen LogP) is 4.90. The first-order chi connectivity index (χ1) is 13.8. The maximum Gasteiger partial charge on any atom is 0.0741 e. The first-order valence-corrected chi connectivity index (χ1v) is 10.0. The second kappa shape index (κ2) is 9.05. The number of likely N-dealkylation sites (N-methyl/N-ethyl adjacent to an activating group) is 1. The van der Waals surface area contributed by atoms with Crippen LogP contribution in [0.25, 0.3) is 0 Å². The summed E-state index contributed by atoms with van der Waals surface area (Å²) >= 11 is 0. The molecular formula is C25H28N2O. The number of para-hydroxylation sites is 1. The lowest BCUT2D eigenvalue weighted by molar-refractivity contribution is 0.107. The zero-order valence-electron chi connectivity index (χ0n) is 16.5. The van der Waals surface area contributed by atoms with Crippen molar-refractivity contribution in [3.63, 3.8) is 0 Å². The molecule has 1 atom stereocenters. The topological polar surface area (TPSA) is 15.7 Å². The van der Waals surface area contributed by atoms with Crippen LogP contribution in [-0.2, 0) is 18.0 Å². The first kappa shape index (κ1) is 18.7. The summed E-state index contributed by atoms with van der Waals surface area (Å²) in [4.78, 5) is 4.97. The highest BCUT2D eigenvalue weighted by Crippen LogP contribution is 2.33. The molecule has 1 aliphatic rings. The molecule has 0 spiro atoms. The molecule has 0 amide bonds. The summed E-state index contributed by atoms with van der Waals surface area (Å²) in [5.41, 5.74) is 5.12. The molecule has 3 nitrogen and oxygen atoms in total. The molecule has 0 radical (unpaired) electrons. The molecule has 0 aliphatic carbocycles. The van der Waals surface area contributed by atoms with Crippen molar-refractivity contribution in [1.29, 1.82) is 0 Å². The van der Waals surface area contributed by atoms with Crippen LogP contribution in [0.4, 0.5) is 5.69 Å². The number of anilines is 1. The van der Waals surface area contributed by atoms with Gasteiger partial charge in [-0.2, -0.15) is 0 Å². The highest BCUT2D eigenvalue weighted by Gasteiger charge is 2.28. The molecule has 1 fully saturated rings. The summed E-state index contributed by atoms with van der Waals surface area (Å²) in [6.45, 7) is 4.39. The molecule has 1 heterocycles. The van der Waals surface area contributed by atoms with Crippen LogP contribution in [0.2, 0.25) is 0 Å². The van der Waals surface area contributed by atoms with Gasteiger partial charge < -0.3 is 14.5 Å². The number of hydrogen-bond acceptors (Lipinski definition) is 3. The van der Waals surface area contributed by atoms with E-state index in [1.807, 2.05) is 6.07 Å². The van der Waals surface area contributed by atoms with Crippen LogP contribution in [0, 0.1) is 0 Å². The van der Waals surface area contributed by atoms with E-state index in [0.717, 1.165) is 19.6 Å². The Hall–Kier alpha value is -2.62. The number of rotatable bonds is 6. The number of benzene rings is 3. The van der Waals surface area contributed by atoms with E-state index < -0.39 is 0 Å². The van der Waals surface area contributed by atoms with Gasteiger partial charge in [0.1, 0.15) is 0 Å². The normalized spacial score (nSPS) is 17.6. The van der Waals surface area contributed by atoms with Gasteiger partial charge in [0.05, 0.1) is 19.3 Å². The summed E-state index contributed by atoms with van der Waals surface area (Å²) in [7, 11) is 2.21. The van der Waals surface area contributed by atoms with Crippen LogP contribution < -0.4 is 4.90 Å². The van der Waals surface area contributed by atoms with Gasteiger partial charge in [0, 0.05) is 30.9 Å². The monoisotopic (exact) mass is 372 g/mol. The van der Waals surface area contributed by atoms with Crippen LogP contribution in [0.3, 0.4) is 0 Å². The average Bonchev–Trinajstić information content (AvgIpc) is 2.76. The van der Waals surface area contributed by atoms with Gasteiger partial charge in [-0.25, -0.2) is 0 Å². The molecule has 144 valence electrons. The molecule has 1 aliphatic heterocycles. The second-order valence-corrected chi connectivity index (χ2v) is 7.49. The van der Waals surface area contributed by atoms with Gasteiger partial charge in [0.25, 0.3) is 0 Å². The van der Waals surface area contributed by atoms with Gasteiger partial charge in [0.15, 0.2) is 0 Å². The molecule has 3 heteroatoms. The Morgan fingerprint density at radius 1 is 0.786 bits per heavy atom. The van der Waals surface area contributed by atoms with Crippen molar-refractivity contribution in [2.75, 3.05) is 31.6 Å². The fourth-order valence-electron chi connectivity index (χ4n) is 3.93. The SMILES string of the molecule is CN1CCN(c2ccccc2COCc2ccccc2)C(c2ccccc2)C1. The summed E-state index contributed by atoms with van der Waals surface area (Å²) in [6, 6.07) is 30.2.